The summed E-state index contributed by atoms with van der Waals surface area (Å²) in [5.74, 6) is -1.88. The molecule has 0 spiro atoms. The van der Waals surface area contributed by atoms with Gasteiger partial charge >= 0.3 is 0 Å². The summed E-state index contributed by atoms with van der Waals surface area (Å²) in [6.45, 7) is 2.20. The Balaban J connectivity index is 2.15. The van der Waals surface area contributed by atoms with Gasteiger partial charge < -0.3 is 4.74 Å². The van der Waals surface area contributed by atoms with Gasteiger partial charge in [-0.25, -0.2) is 4.39 Å². The van der Waals surface area contributed by atoms with E-state index in [1.54, 1.807) is 6.07 Å². The number of hydrogen-bond acceptors (Lipinski definition) is 1. The second-order valence-electron chi connectivity index (χ2n) is 5.45. The van der Waals surface area contributed by atoms with Crippen molar-refractivity contribution in [3.8, 4) is 16.9 Å². The minimum Gasteiger partial charge on any atom is -0.493 e. The molecule has 0 radical (unpaired) electrons. The number of halogens is 2. The highest BCUT2D eigenvalue weighted by Gasteiger charge is 2.15. The Morgan fingerprint density at radius 3 is 2.27 bits per heavy atom. The number of ether oxygens (including phenoxy) is 1. The van der Waals surface area contributed by atoms with Crippen LogP contribution >= 0.6 is 0 Å². The molecule has 118 valence electrons. The number of aryl methyl sites for hydroxylation is 1. The zero-order valence-corrected chi connectivity index (χ0v) is 13.2. The lowest BCUT2D eigenvalue weighted by atomic mass is 10.00. The van der Waals surface area contributed by atoms with Crippen LogP contribution in [0.1, 0.15) is 38.2 Å². The van der Waals surface area contributed by atoms with Crippen LogP contribution in [0.15, 0.2) is 36.4 Å². The van der Waals surface area contributed by atoms with Gasteiger partial charge in [-0.05, 0) is 36.1 Å². The molecule has 2 aromatic rings. The molecule has 0 heterocycles. The van der Waals surface area contributed by atoms with Crippen molar-refractivity contribution in [1.29, 1.82) is 0 Å². The van der Waals surface area contributed by atoms with Crippen molar-refractivity contribution in [2.24, 2.45) is 0 Å². The second kappa shape index (κ2) is 7.92. The molecule has 0 aliphatic carbocycles. The Bertz CT molecular complexity index is 606. The monoisotopic (exact) mass is 304 g/mol. The Hall–Kier alpha value is -1.90. The summed E-state index contributed by atoms with van der Waals surface area (Å²) < 4.78 is 32.1. The number of hydrogen-bond donors (Lipinski definition) is 0. The van der Waals surface area contributed by atoms with Crippen molar-refractivity contribution in [2.75, 3.05) is 7.11 Å². The zero-order valence-electron chi connectivity index (χ0n) is 13.2. The molecule has 0 aliphatic heterocycles. The van der Waals surface area contributed by atoms with Crippen molar-refractivity contribution < 1.29 is 13.5 Å². The van der Waals surface area contributed by atoms with Crippen LogP contribution in [0.5, 0.6) is 5.75 Å². The van der Waals surface area contributed by atoms with Crippen LogP contribution < -0.4 is 4.74 Å². The molecule has 0 aliphatic rings. The topological polar surface area (TPSA) is 9.23 Å². The molecule has 22 heavy (non-hydrogen) atoms. The largest absolute Gasteiger partial charge is 0.493 e. The highest BCUT2D eigenvalue weighted by Crippen LogP contribution is 2.33. The summed E-state index contributed by atoms with van der Waals surface area (Å²) in [6, 6.07) is 10.6. The Kier molecular flexibility index (Phi) is 5.93. The first-order valence-electron chi connectivity index (χ1n) is 7.78. The van der Waals surface area contributed by atoms with Crippen LogP contribution in [0.2, 0.25) is 0 Å². The molecule has 0 atom stereocenters. The predicted molar refractivity (Wildman–Crippen MR) is 86.2 cm³/mol. The van der Waals surface area contributed by atoms with E-state index in [2.05, 4.69) is 6.92 Å². The van der Waals surface area contributed by atoms with Crippen molar-refractivity contribution in [3.05, 3.63) is 53.6 Å². The lowest BCUT2D eigenvalue weighted by molar-refractivity contribution is 0.373. The second-order valence-corrected chi connectivity index (χ2v) is 5.45. The minimum atomic E-state index is -0.941. The van der Waals surface area contributed by atoms with E-state index in [0.29, 0.717) is 5.56 Å². The molecule has 0 aromatic heterocycles. The number of rotatable bonds is 7. The number of benzene rings is 2. The normalized spacial score (nSPS) is 10.7. The van der Waals surface area contributed by atoms with Crippen LogP contribution in [0.4, 0.5) is 8.78 Å². The van der Waals surface area contributed by atoms with E-state index in [9.17, 15) is 8.78 Å². The van der Waals surface area contributed by atoms with Gasteiger partial charge in [-0.3, -0.25) is 0 Å². The van der Waals surface area contributed by atoms with Gasteiger partial charge in [0.15, 0.2) is 11.6 Å². The zero-order chi connectivity index (χ0) is 15.9. The highest BCUT2D eigenvalue weighted by molar-refractivity contribution is 5.71. The maximum absolute atomic E-state index is 13.8. The van der Waals surface area contributed by atoms with Gasteiger partial charge in [-0.15, -0.1) is 0 Å². The average Bonchev–Trinajstić information content (AvgIpc) is 2.55. The van der Waals surface area contributed by atoms with E-state index >= 15 is 0 Å². The van der Waals surface area contributed by atoms with E-state index in [0.717, 1.165) is 18.1 Å². The van der Waals surface area contributed by atoms with Gasteiger partial charge in [0.1, 0.15) is 0 Å². The molecule has 0 N–H and O–H groups in total. The maximum Gasteiger partial charge on any atom is 0.201 e. The summed E-state index contributed by atoms with van der Waals surface area (Å²) in [7, 11) is 1.35. The molecule has 0 bridgehead atoms. The summed E-state index contributed by atoms with van der Waals surface area (Å²) >= 11 is 0. The number of unbranched alkanes of at least 4 members (excludes halogenated alkanes) is 3. The standard InChI is InChI=1S/C19H22F2O/c1-3-4-5-6-7-14-8-10-15(11-9-14)16-12-13-17(20)18(21)19(16)22-2/h8-13H,3-7H2,1-2H3. The third kappa shape index (κ3) is 3.85. The van der Waals surface area contributed by atoms with Crippen LogP contribution in [0.25, 0.3) is 11.1 Å². The molecular weight excluding hydrogens is 282 g/mol. The third-order valence-corrected chi connectivity index (χ3v) is 3.84. The van der Waals surface area contributed by atoms with E-state index in [-0.39, 0.29) is 5.75 Å². The first-order chi connectivity index (χ1) is 10.7. The lowest BCUT2D eigenvalue weighted by Gasteiger charge is -2.11. The molecule has 2 rings (SSSR count). The van der Waals surface area contributed by atoms with E-state index in [1.165, 1.54) is 38.4 Å². The third-order valence-electron chi connectivity index (χ3n) is 3.84. The molecule has 0 unspecified atom stereocenters. The van der Waals surface area contributed by atoms with Crippen molar-refractivity contribution >= 4 is 0 Å². The van der Waals surface area contributed by atoms with Gasteiger partial charge in [0.05, 0.1) is 7.11 Å². The Morgan fingerprint density at radius 1 is 0.909 bits per heavy atom. The fraction of sp³-hybridized carbons (Fsp3) is 0.368. The van der Waals surface area contributed by atoms with Gasteiger partial charge in [-0.2, -0.15) is 4.39 Å². The van der Waals surface area contributed by atoms with Gasteiger partial charge in [0.25, 0.3) is 0 Å². The summed E-state index contributed by atoms with van der Waals surface area (Å²) in [6.07, 6.45) is 5.98. The van der Waals surface area contributed by atoms with Crippen molar-refractivity contribution in [2.45, 2.75) is 39.0 Å². The first kappa shape index (κ1) is 16.5. The van der Waals surface area contributed by atoms with E-state index < -0.39 is 11.6 Å². The smallest absolute Gasteiger partial charge is 0.201 e. The van der Waals surface area contributed by atoms with Crippen LogP contribution in [0, 0.1) is 11.6 Å². The molecule has 3 heteroatoms. The molecule has 1 nitrogen and oxygen atoms in total. The van der Waals surface area contributed by atoms with Crippen LogP contribution in [-0.2, 0) is 6.42 Å². The lowest BCUT2D eigenvalue weighted by Crippen LogP contribution is -1.95. The van der Waals surface area contributed by atoms with Crippen LogP contribution in [0.3, 0.4) is 0 Å². The molecular formula is C19H22F2O. The summed E-state index contributed by atoms with van der Waals surface area (Å²) in [4.78, 5) is 0. The van der Waals surface area contributed by atoms with Gasteiger partial charge in [0.2, 0.25) is 5.82 Å². The fourth-order valence-electron chi connectivity index (χ4n) is 2.57. The molecule has 2 aromatic carbocycles. The van der Waals surface area contributed by atoms with E-state index in [4.69, 9.17) is 4.74 Å². The molecule has 0 amide bonds. The number of methoxy groups -OCH3 is 1. The quantitative estimate of drug-likeness (QED) is 0.591. The van der Waals surface area contributed by atoms with E-state index in [1.807, 2.05) is 24.3 Å². The van der Waals surface area contributed by atoms with Crippen molar-refractivity contribution in [3.63, 3.8) is 0 Å². The molecule has 0 saturated carbocycles. The maximum atomic E-state index is 13.8. The SMILES string of the molecule is CCCCCCc1ccc(-c2ccc(F)c(F)c2OC)cc1. The summed E-state index contributed by atoms with van der Waals surface area (Å²) in [5, 5.41) is 0. The van der Waals surface area contributed by atoms with Gasteiger partial charge in [0, 0.05) is 5.56 Å². The van der Waals surface area contributed by atoms with Crippen LogP contribution in [-0.4, -0.2) is 7.11 Å². The Morgan fingerprint density at radius 2 is 1.64 bits per heavy atom. The van der Waals surface area contributed by atoms with Crippen molar-refractivity contribution in [1.82, 2.24) is 0 Å². The fourth-order valence-corrected chi connectivity index (χ4v) is 2.57. The molecule has 0 fully saturated rings. The van der Waals surface area contributed by atoms with Gasteiger partial charge in [-0.1, -0.05) is 50.5 Å². The predicted octanol–water partition coefficient (Wildman–Crippen LogP) is 5.76. The minimum absolute atomic E-state index is 0.0457. The molecule has 0 saturated heterocycles. The average molecular weight is 304 g/mol. The Labute approximate surface area is 130 Å². The highest BCUT2D eigenvalue weighted by atomic mass is 19.2. The summed E-state index contributed by atoms with van der Waals surface area (Å²) in [5.41, 5.74) is 2.66. The first-order valence-corrected chi connectivity index (χ1v) is 7.78.